The van der Waals surface area contributed by atoms with Crippen molar-refractivity contribution in [1.82, 2.24) is 15.1 Å². The zero-order valence-electron chi connectivity index (χ0n) is 12.4. The molecule has 1 aromatic rings. The quantitative estimate of drug-likeness (QED) is 0.724. The molecule has 1 heterocycles. The lowest BCUT2D eigenvalue weighted by Gasteiger charge is -2.19. The molecule has 1 unspecified atom stereocenters. The number of nitrogens with one attached hydrogen (secondary N) is 1. The Kier molecular flexibility index (Phi) is 6.36. The van der Waals surface area contributed by atoms with E-state index in [9.17, 15) is 0 Å². The monoisotopic (exact) mass is 253 g/mol. The maximum atomic E-state index is 5.15. The van der Waals surface area contributed by atoms with Crippen molar-refractivity contribution in [3.05, 3.63) is 17.0 Å². The van der Waals surface area contributed by atoms with E-state index in [1.807, 2.05) is 11.7 Å². The van der Waals surface area contributed by atoms with Crippen molar-refractivity contribution >= 4 is 0 Å². The van der Waals surface area contributed by atoms with Crippen LogP contribution in [0, 0.1) is 13.8 Å². The Bertz CT molecular complexity index is 360. The Hall–Kier alpha value is -0.870. The second-order valence-corrected chi connectivity index (χ2v) is 4.85. The zero-order valence-corrected chi connectivity index (χ0v) is 12.4. The van der Waals surface area contributed by atoms with Gasteiger partial charge in [0, 0.05) is 38.1 Å². The van der Waals surface area contributed by atoms with Crippen LogP contribution in [-0.2, 0) is 11.8 Å². The molecule has 1 N–H and O–H groups in total. The number of ether oxygens (including phenoxy) is 1. The molecule has 104 valence electrons. The molecule has 0 saturated heterocycles. The van der Waals surface area contributed by atoms with Gasteiger partial charge in [-0.1, -0.05) is 6.92 Å². The van der Waals surface area contributed by atoms with Gasteiger partial charge in [0.25, 0.3) is 0 Å². The predicted octanol–water partition coefficient (Wildman–Crippen LogP) is 2.50. The summed E-state index contributed by atoms with van der Waals surface area (Å²) in [7, 11) is 3.77. The molecular formula is C14H27N3O. The third-order valence-electron chi connectivity index (χ3n) is 3.40. The standard InChI is InChI=1S/C14H27N3O/c1-6-9-15-13(8-7-10-18-5)14-11(2)16-17(4)12(14)3/h13,15H,6-10H2,1-5H3. The van der Waals surface area contributed by atoms with Crippen molar-refractivity contribution in [3.8, 4) is 0 Å². The maximum absolute atomic E-state index is 5.15. The van der Waals surface area contributed by atoms with Gasteiger partial charge in [-0.2, -0.15) is 5.10 Å². The zero-order chi connectivity index (χ0) is 13.5. The Labute approximate surface area is 111 Å². The highest BCUT2D eigenvalue weighted by Gasteiger charge is 2.19. The van der Waals surface area contributed by atoms with Crippen LogP contribution in [0.15, 0.2) is 0 Å². The molecule has 1 aromatic heterocycles. The minimum Gasteiger partial charge on any atom is -0.385 e. The molecule has 0 bridgehead atoms. The van der Waals surface area contributed by atoms with Gasteiger partial charge >= 0.3 is 0 Å². The van der Waals surface area contributed by atoms with Crippen molar-refractivity contribution in [1.29, 1.82) is 0 Å². The van der Waals surface area contributed by atoms with Gasteiger partial charge in [-0.05, 0) is 39.7 Å². The Balaban J connectivity index is 2.79. The van der Waals surface area contributed by atoms with Gasteiger partial charge in [-0.25, -0.2) is 0 Å². The second kappa shape index (κ2) is 7.54. The average molecular weight is 253 g/mol. The number of nitrogens with zero attached hydrogens (tertiary/aromatic N) is 2. The van der Waals surface area contributed by atoms with E-state index in [-0.39, 0.29) is 0 Å². The smallest absolute Gasteiger partial charge is 0.0644 e. The second-order valence-electron chi connectivity index (χ2n) is 4.85. The van der Waals surface area contributed by atoms with E-state index >= 15 is 0 Å². The molecule has 0 aromatic carbocycles. The number of methoxy groups -OCH3 is 1. The maximum Gasteiger partial charge on any atom is 0.0644 e. The molecule has 4 nitrogen and oxygen atoms in total. The van der Waals surface area contributed by atoms with Crippen LogP contribution in [0.4, 0.5) is 0 Å². The first-order valence-electron chi connectivity index (χ1n) is 6.84. The van der Waals surface area contributed by atoms with Crippen molar-refractivity contribution in [2.75, 3.05) is 20.3 Å². The largest absolute Gasteiger partial charge is 0.385 e. The predicted molar refractivity (Wildman–Crippen MR) is 74.8 cm³/mol. The average Bonchev–Trinajstić information content (AvgIpc) is 2.59. The summed E-state index contributed by atoms with van der Waals surface area (Å²) < 4.78 is 7.12. The van der Waals surface area contributed by atoms with Gasteiger partial charge in [0.05, 0.1) is 5.69 Å². The van der Waals surface area contributed by atoms with Crippen LogP contribution in [0.25, 0.3) is 0 Å². The summed E-state index contributed by atoms with van der Waals surface area (Å²) in [6.45, 7) is 8.31. The molecule has 0 aliphatic heterocycles. The molecule has 0 radical (unpaired) electrons. The third-order valence-corrected chi connectivity index (χ3v) is 3.40. The van der Waals surface area contributed by atoms with Crippen LogP contribution in [0.3, 0.4) is 0 Å². The van der Waals surface area contributed by atoms with Crippen molar-refractivity contribution in [2.45, 2.75) is 46.1 Å². The number of aromatic nitrogens is 2. The van der Waals surface area contributed by atoms with Crippen molar-refractivity contribution in [2.24, 2.45) is 7.05 Å². The van der Waals surface area contributed by atoms with E-state index < -0.39 is 0 Å². The van der Waals surface area contributed by atoms with Crippen LogP contribution >= 0.6 is 0 Å². The van der Waals surface area contributed by atoms with E-state index in [2.05, 4.69) is 31.2 Å². The van der Waals surface area contributed by atoms with Gasteiger partial charge in [0.15, 0.2) is 0 Å². The normalized spacial score (nSPS) is 12.9. The Morgan fingerprint density at radius 2 is 2.11 bits per heavy atom. The topological polar surface area (TPSA) is 39.1 Å². The lowest BCUT2D eigenvalue weighted by atomic mass is 10.00. The molecule has 0 spiro atoms. The van der Waals surface area contributed by atoms with Crippen molar-refractivity contribution in [3.63, 3.8) is 0 Å². The lowest BCUT2D eigenvalue weighted by molar-refractivity contribution is 0.188. The molecular weight excluding hydrogens is 226 g/mol. The highest BCUT2D eigenvalue weighted by molar-refractivity contribution is 5.28. The highest BCUT2D eigenvalue weighted by Crippen LogP contribution is 2.25. The van der Waals surface area contributed by atoms with Gasteiger partial charge in [-0.15, -0.1) is 0 Å². The fourth-order valence-corrected chi connectivity index (χ4v) is 2.39. The van der Waals surface area contributed by atoms with Crippen LogP contribution in [0.5, 0.6) is 0 Å². The number of hydrogen-bond acceptors (Lipinski definition) is 3. The summed E-state index contributed by atoms with van der Waals surface area (Å²) in [5, 5.41) is 8.14. The van der Waals surface area contributed by atoms with Crippen LogP contribution in [0.2, 0.25) is 0 Å². The molecule has 1 atom stereocenters. The van der Waals surface area contributed by atoms with Gasteiger partial charge in [0.2, 0.25) is 0 Å². The minimum absolute atomic E-state index is 0.397. The van der Waals surface area contributed by atoms with Gasteiger partial charge in [-0.3, -0.25) is 4.68 Å². The summed E-state index contributed by atoms with van der Waals surface area (Å²) in [5.74, 6) is 0. The molecule has 0 aliphatic carbocycles. The van der Waals surface area contributed by atoms with E-state index in [1.54, 1.807) is 7.11 Å². The lowest BCUT2D eigenvalue weighted by Crippen LogP contribution is -2.23. The fraction of sp³-hybridized carbons (Fsp3) is 0.786. The van der Waals surface area contributed by atoms with Crippen LogP contribution in [0.1, 0.15) is 49.2 Å². The Morgan fingerprint density at radius 1 is 1.39 bits per heavy atom. The van der Waals surface area contributed by atoms with Gasteiger partial charge in [0.1, 0.15) is 0 Å². The highest BCUT2D eigenvalue weighted by atomic mass is 16.5. The summed E-state index contributed by atoms with van der Waals surface area (Å²) in [5.41, 5.74) is 3.77. The van der Waals surface area contributed by atoms with Crippen molar-refractivity contribution < 1.29 is 4.74 Å². The third kappa shape index (κ3) is 3.82. The van der Waals surface area contributed by atoms with E-state index in [4.69, 9.17) is 4.74 Å². The summed E-state index contributed by atoms with van der Waals surface area (Å²) in [4.78, 5) is 0. The summed E-state index contributed by atoms with van der Waals surface area (Å²) in [6.07, 6.45) is 3.33. The first-order valence-corrected chi connectivity index (χ1v) is 6.84. The number of rotatable bonds is 8. The number of aryl methyl sites for hydroxylation is 2. The van der Waals surface area contributed by atoms with E-state index in [0.717, 1.165) is 38.1 Å². The number of hydrogen-bond donors (Lipinski definition) is 1. The van der Waals surface area contributed by atoms with E-state index in [0.29, 0.717) is 6.04 Å². The molecule has 18 heavy (non-hydrogen) atoms. The van der Waals surface area contributed by atoms with E-state index in [1.165, 1.54) is 11.3 Å². The molecule has 0 saturated carbocycles. The fourth-order valence-electron chi connectivity index (χ4n) is 2.39. The molecule has 0 amide bonds. The summed E-state index contributed by atoms with van der Waals surface area (Å²) in [6, 6.07) is 0.397. The first kappa shape index (κ1) is 15.2. The molecule has 4 heteroatoms. The van der Waals surface area contributed by atoms with Crippen LogP contribution < -0.4 is 5.32 Å². The Morgan fingerprint density at radius 3 is 2.61 bits per heavy atom. The van der Waals surface area contributed by atoms with Crippen LogP contribution in [-0.4, -0.2) is 30.0 Å². The molecule has 0 fully saturated rings. The first-order chi connectivity index (χ1) is 8.61. The van der Waals surface area contributed by atoms with Gasteiger partial charge < -0.3 is 10.1 Å². The molecule has 1 rings (SSSR count). The minimum atomic E-state index is 0.397. The SMILES string of the molecule is CCCNC(CCCOC)c1c(C)nn(C)c1C. The molecule has 0 aliphatic rings. The summed E-state index contributed by atoms with van der Waals surface area (Å²) >= 11 is 0.